The number of thiophene rings is 1. The van der Waals surface area contributed by atoms with Crippen molar-refractivity contribution in [3.8, 4) is 11.5 Å². The zero-order valence-electron chi connectivity index (χ0n) is 20.0. The van der Waals surface area contributed by atoms with E-state index in [2.05, 4.69) is 35.0 Å². The summed E-state index contributed by atoms with van der Waals surface area (Å²) in [4.78, 5) is 18.3. The molecule has 35 heavy (non-hydrogen) atoms. The fourth-order valence-corrected chi connectivity index (χ4v) is 6.25. The number of amides is 1. The molecule has 7 nitrogen and oxygen atoms in total. The molecule has 0 spiro atoms. The standard InChI is InChI=1S/C27H31N3O4S/c1-16-10-18(25-11-17-6-7-20(33-2)12-26(17)35-25)8-9-30(16)14-19(31)15-34-24-5-3-4-22-21(24)13-23(29-22)27(28)32/h3-7,11-13,16,18-19,29,31H,8-10,14-15H2,1-2H3,(H2,28,32)/t16-,18-,19-/m0/s1. The highest BCUT2D eigenvalue weighted by Gasteiger charge is 2.29. The fraction of sp³-hybridized carbons (Fsp3) is 0.370. The van der Waals surface area contributed by atoms with E-state index >= 15 is 0 Å². The molecular formula is C27H31N3O4S. The third kappa shape index (κ3) is 5.00. The van der Waals surface area contributed by atoms with Gasteiger partial charge in [0.05, 0.1) is 7.11 Å². The first kappa shape index (κ1) is 23.7. The third-order valence-electron chi connectivity index (χ3n) is 6.93. The van der Waals surface area contributed by atoms with Crippen molar-refractivity contribution in [2.45, 2.75) is 37.8 Å². The van der Waals surface area contributed by atoms with Crippen LogP contribution in [-0.2, 0) is 0 Å². The molecule has 5 rings (SSSR count). The second kappa shape index (κ2) is 9.89. The Morgan fingerprint density at radius 2 is 2.14 bits per heavy atom. The van der Waals surface area contributed by atoms with Gasteiger partial charge in [-0.1, -0.05) is 6.07 Å². The van der Waals surface area contributed by atoms with Gasteiger partial charge in [0, 0.05) is 33.1 Å². The molecule has 0 saturated carbocycles. The number of aliphatic hydroxyl groups excluding tert-OH is 1. The van der Waals surface area contributed by atoms with Crippen molar-refractivity contribution in [3.05, 3.63) is 59.1 Å². The second-order valence-corrected chi connectivity index (χ2v) is 10.5. The summed E-state index contributed by atoms with van der Waals surface area (Å²) in [6.07, 6.45) is 1.52. The molecule has 1 saturated heterocycles. The van der Waals surface area contributed by atoms with Gasteiger partial charge in [-0.15, -0.1) is 11.3 Å². The van der Waals surface area contributed by atoms with Crippen LogP contribution in [0.1, 0.15) is 41.0 Å². The van der Waals surface area contributed by atoms with E-state index < -0.39 is 12.0 Å². The lowest BCUT2D eigenvalue weighted by molar-refractivity contribution is 0.0408. The van der Waals surface area contributed by atoms with Crippen molar-refractivity contribution < 1.29 is 19.4 Å². The Kier molecular flexibility index (Phi) is 6.69. The lowest BCUT2D eigenvalue weighted by Gasteiger charge is -2.38. The van der Waals surface area contributed by atoms with Gasteiger partial charge >= 0.3 is 0 Å². The highest BCUT2D eigenvalue weighted by atomic mass is 32.1. The van der Waals surface area contributed by atoms with Crippen LogP contribution >= 0.6 is 11.3 Å². The molecule has 0 radical (unpaired) electrons. The Bertz CT molecular complexity index is 1350. The van der Waals surface area contributed by atoms with Gasteiger partial charge in [-0.2, -0.15) is 0 Å². The van der Waals surface area contributed by atoms with E-state index in [1.54, 1.807) is 13.2 Å². The van der Waals surface area contributed by atoms with E-state index in [0.29, 0.717) is 29.9 Å². The number of aromatic nitrogens is 1. The molecular weight excluding hydrogens is 462 g/mol. The second-order valence-electron chi connectivity index (χ2n) is 9.35. The van der Waals surface area contributed by atoms with Crippen LogP contribution in [0.15, 0.2) is 48.5 Å². The normalized spacial score (nSPS) is 19.7. The van der Waals surface area contributed by atoms with Gasteiger partial charge in [-0.05, 0) is 80.1 Å². The first-order valence-corrected chi connectivity index (χ1v) is 12.8. The Morgan fingerprint density at radius 1 is 1.29 bits per heavy atom. The number of hydrogen-bond donors (Lipinski definition) is 3. The molecule has 1 fully saturated rings. The molecule has 4 N–H and O–H groups in total. The van der Waals surface area contributed by atoms with E-state index in [-0.39, 0.29) is 6.61 Å². The fourth-order valence-electron chi connectivity index (χ4n) is 5.01. The monoisotopic (exact) mass is 493 g/mol. The van der Waals surface area contributed by atoms with Crippen LogP contribution in [0.5, 0.6) is 11.5 Å². The number of rotatable bonds is 8. The van der Waals surface area contributed by atoms with E-state index in [0.717, 1.165) is 36.0 Å². The third-order valence-corrected chi connectivity index (χ3v) is 8.19. The molecule has 0 unspecified atom stereocenters. The van der Waals surface area contributed by atoms with Gasteiger partial charge in [0.2, 0.25) is 0 Å². The summed E-state index contributed by atoms with van der Waals surface area (Å²) >= 11 is 1.86. The van der Waals surface area contributed by atoms with E-state index in [1.165, 1.54) is 15.0 Å². The summed E-state index contributed by atoms with van der Waals surface area (Å²) in [5, 5.41) is 12.8. The van der Waals surface area contributed by atoms with Crippen molar-refractivity contribution >= 4 is 38.2 Å². The van der Waals surface area contributed by atoms with Crippen molar-refractivity contribution in [3.63, 3.8) is 0 Å². The smallest absolute Gasteiger partial charge is 0.265 e. The molecule has 1 aliphatic rings. The number of aromatic amines is 1. The predicted octanol–water partition coefficient (Wildman–Crippen LogP) is 4.50. The number of H-pyrrole nitrogens is 1. The van der Waals surface area contributed by atoms with E-state index in [4.69, 9.17) is 15.2 Å². The van der Waals surface area contributed by atoms with Gasteiger partial charge < -0.3 is 25.3 Å². The van der Waals surface area contributed by atoms with Crippen molar-refractivity contribution in [2.75, 3.05) is 26.8 Å². The summed E-state index contributed by atoms with van der Waals surface area (Å²) in [5.41, 5.74) is 6.50. The van der Waals surface area contributed by atoms with Crippen molar-refractivity contribution in [1.82, 2.24) is 9.88 Å². The van der Waals surface area contributed by atoms with Crippen LogP contribution in [0.2, 0.25) is 0 Å². The highest BCUT2D eigenvalue weighted by Crippen LogP contribution is 2.39. The number of piperidine rings is 1. The number of fused-ring (bicyclic) bond motifs is 2. The number of β-amino-alcohol motifs (C(OH)–C–C–N with tert-alkyl or cyclic N) is 1. The minimum atomic E-state index is -0.615. The molecule has 2 aromatic heterocycles. The number of carbonyl (C=O) groups is 1. The number of aliphatic hydroxyl groups is 1. The number of ether oxygens (including phenoxy) is 2. The minimum absolute atomic E-state index is 0.182. The van der Waals surface area contributed by atoms with Gasteiger partial charge in [-0.3, -0.25) is 9.69 Å². The predicted molar refractivity (Wildman–Crippen MR) is 140 cm³/mol. The topological polar surface area (TPSA) is 101 Å². The maximum atomic E-state index is 11.5. The van der Waals surface area contributed by atoms with Crippen LogP contribution in [0.4, 0.5) is 0 Å². The summed E-state index contributed by atoms with van der Waals surface area (Å²) in [6.45, 7) is 3.92. The summed E-state index contributed by atoms with van der Waals surface area (Å²) in [6, 6.07) is 16.2. The number of methoxy groups -OCH3 is 1. The zero-order chi connectivity index (χ0) is 24.5. The van der Waals surface area contributed by atoms with Crippen molar-refractivity contribution in [1.29, 1.82) is 0 Å². The number of benzene rings is 2. The number of likely N-dealkylation sites (tertiary alicyclic amines) is 1. The van der Waals surface area contributed by atoms with Gasteiger partial charge in [0.25, 0.3) is 5.91 Å². The summed E-state index contributed by atoms with van der Waals surface area (Å²) < 4.78 is 12.6. The molecule has 1 aliphatic heterocycles. The Labute approximate surface area is 208 Å². The SMILES string of the molecule is COc1ccc2cc([C@H]3CCN(C[C@H](O)COc4cccc5[nH]c(C(N)=O)cc45)[C@@H](C)C3)sc2c1. The van der Waals surface area contributed by atoms with Gasteiger partial charge in [0.1, 0.15) is 29.9 Å². The first-order chi connectivity index (χ1) is 16.9. The molecule has 8 heteroatoms. The first-order valence-electron chi connectivity index (χ1n) is 11.9. The molecule has 0 bridgehead atoms. The molecule has 3 heterocycles. The summed E-state index contributed by atoms with van der Waals surface area (Å²) in [7, 11) is 1.70. The summed E-state index contributed by atoms with van der Waals surface area (Å²) in [5.74, 6) is 1.54. The maximum Gasteiger partial charge on any atom is 0.265 e. The van der Waals surface area contributed by atoms with Crippen molar-refractivity contribution in [2.24, 2.45) is 5.73 Å². The molecule has 1 amide bonds. The van der Waals surface area contributed by atoms with Crippen LogP contribution in [0.3, 0.4) is 0 Å². The number of hydrogen-bond acceptors (Lipinski definition) is 6. The lowest BCUT2D eigenvalue weighted by atomic mass is 9.90. The Morgan fingerprint density at radius 3 is 2.91 bits per heavy atom. The van der Waals surface area contributed by atoms with Gasteiger partial charge in [-0.25, -0.2) is 0 Å². The quantitative estimate of drug-likeness (QED) is 0.336. The number of carbonyl (C=O) groups excluding carboxylic acids is 1. The zero-order valence-corrected chi connectivity index (χ0v) is 20.8. The maximum absolute atomic E-state index is 11.5. The average molecular weight is 494 g/mol. The minimum Gasteiger partial charge on any atom is -0.497 e. The van der Waals surface area contributed by atoms with Crippen LogP contribution < -0.4 is 15.2 Å². The Hall–Kier alpha value is -3.07. The van der Waals surface area contributed by atoms with Crippen LogP contribution in [-0.4, -0.2) is 59.8 Å². The molecule has 2 aromatic carbocycles. The Balaban J connectivity index is 1.17. The van der Waals surface area contributed by atoms with E-state index in [1.807, 2.05) is 35.6 Å². The molecule has 4 aromatic rings. The highest BCUT2D eigenvalue weighted by molar-refractivity contribution is 7.19. The van der Waals surface area contributed by atoms with E-state index in [9.17, 15) is 9.90 Å². The molecule has 3 atom stereocenters. The largest absolute Gasteiger partial charge is 0.497 e. The van der Waals surface area contributed by atoms with Crippen LogP contribution in [0, 0.1) is 0 Å². The number of nitrogens with zero attached hydrogens (tertiary/aromatic N) is 1. The molecule has 0 aliphatic carbocycles. The van der Waals surface area contributed by atoms with Crippen LogP contribution in [0.25, 0.3) is 21.0 Å². The average Bonchev–Trinajstić information content (AvgIpc) is 3.48. The lowest BCUT2D eigenvalue weighted by Crippen LogP contribution is -2.45. The number of primary amides is 1. The molecule has 184 valence electrons. The number of nitrogens with one attached hydrogen (secondary N) is 1. The number of nitrogens with two attached hydrogens (primary N) is 1. The van der Waals surface area contributed by atoms with Gasteiger partial charge in [0.15, 0.2) is 0 Å².